The van der Waals surface area contributed by atoms with E-state index in [-0.39, 0.29) is 24.0 Å². The van der Waals surface area contributed by atoms with Crippen molar-refractivity contribution < 1.29 is 0 Å². The number of fused-ring (bicyclic) bond motifs is 1. The molecule has 0 saturated heterocycles. The Kier molecular flexibility index (Phi) is 6.95. The van der Waals surface area contributed by atoms with Crippen molar-refractivity contribution in [3.8, 4) is 5.69 Å². The Labute approximate surface area is 189 Å². The van der Waals surface area contributed by atoms with Gasteiger partial charge < -0.3 is 10.6 Å². The first-order chi connectivity index (χ1) is 13.7. The number of rotatable bonds is 5. The van der Waals surface area contributed by atoms with Gasteiger partial charge in [0.1, 0.15) is 0 Å². The van der Waals surface area contributed by atoms with Crippen LogP contribution in [-0.2, 0) is 13.0 Å². The monoisotopic (exact) mass is 501 g/mol. The Balaban J connectivity index is 0.00000240. The molecule has 1 atom stereocenters. The fourth-order valence-electron chi connectivity index (χ4n) is 3.90. The third-order valence-electron chi connectivity index (χ3n) is 5.38. The summed E-state index contributed by atoms with van der Waals surface area (Å²) in [5.41, 5.74) is 7.38. The van der Waals surface area contributed by atoms with Crippen LogP contribution in [0.5, 0.6) is 0 Å². The normalized spacial score (nSPS) is 15.1. The minimum atomic E-state index is 0. The van der Waals surface area contributed by atoms with E-state index in [1.54, 1.807) is 0 Å². The Bertz CT molecular complexity index is 1010. The lowest BCUT2D eigenvalue weighted by atomic mass is 9.78. The van der Waals surface area contributed by atoms with E-state index in [0.717, 1.165) is 36.0 Å². The van der Waals surface area contributed by atoms with Crippen LogP contribution >= 0.6 is 24.0 Å². The third kappa shape index (κ3) is 4.63. The van der Waals surface area contributed by atoms with Gasteiger partial charge in [0, 0.05) is 31.7 Å². The smallest absolute Gasteiger partial charge is 0.191 e. The number of para-hydroxylation sites is 1. The van der Waals surface area contributed by atoms with Crippen molar-refractivity contribution in [3.05, 3.63) is 82.7 Å². The van der Waals surface area contributed by atoms with Crippen molar-refractivity contribution in [3.63, 3.8) is 0 Å². The highest BCUT2D eigenvalue weighted by atomic mass is 127. The molecular weight excluding hydrogens is 473 g/mol. The van der Waals surface area contributed by atoms with Crippen molar-refractivity contribution >= 4 is 29.9 Å². The minimum Gasteiger partial charge on any atom is -0.356 e. The summed E-state index contributed by atoms with van der Waals surface area (Å²) in [6.45, 7) is 5.70. The summed E-state index contributed by atoms with van der Waals surface area (Å²) in [5.74, 6) is 1.39. The Morgan fingerprint density at radius 3 is 2.59 bits per heavy atom. The molecule has 0 fully saturated rings. The second-order valence-electron chi connectivity index (χ2n) is 7.37. The van der Waals surface area contributed by atoms with E-state index < -0.39 is 0 Å². The van der Waals surface area contributed by atoms with E-state index in [0.29, 0.717) is 12.5 Å². The summed E-state index contributed by atoms with van der Waals surface area (Å²) in [5, 5.41) is 11.6. The number of hydrogen-bond acceptors (Lipinski definition) is 2. The van der Waals surface area contributed by atoms with Gasteiger partial charge in [-0.2, -0.15) is 5.10 Å². The van der Waals surface area contributed by atoms with Gasteiger partial charge in [0.15, 0.2) is 5.96 Å². The average Bonchev–Trinajstić information content (AvgIpc) is 3.03. The lowest BCUT2D eigenvalue weighted by Crippen LogP contribution is -2.40. The molecule has 1 heterocycles. The average molecular weight is 501 g/mol. The molecule has 0 bridgehead atoms. The Hall–Kier alpha value is -2.35. The molecule has 1 unspecified atom stereocenters. The predicted octanol–water partition coefficient (Wildman–Crippen LogP) is 4.11. The molecule has 0 aliphatic heterocycles. The van der Waals surface area contributed by atoms with Gasteiger partial charge in [-0.1, -0.05) is 42.5 Å². The third-order valence-corrected chi connectivity index (χ3v) is 5.38. The highest BCUT2D eigenvalue weighted by molar-refractivity contribution is 14.0. The molecule has 0 spiro atoms. The molecule has 1 aliphatic rings. The zero-order valence-corrected chi connectivity index (χ0v) is 19.5. The second-order valence-corrected chi connectivity index (χ2v) is 7.37. The fraction of sp³-hybridized carbons (Fsp3) is 0.304. The highest BCUT2D eigenvalue weighted by Crippen LogP contribution is 2.33. The summed E-state index contributed by atoms with van der Waals surface area (Å²) in [7, 11) is 1.82. The van der Waals surface area contributed by atoms with Crippen molar-refractivity contribution in [1.82, 2.24) is 20.4 Å². The number of aryl methyl sites for hydroxylation is 2. The van der Waals surface area contributed by atoms with E-state index >= 15 is 0 Å². The second kappa shape index (κ2) is 9.43. The van der Waals surface area contributed by atoms with E-state index in [4.69, 9.17) is 0 Å². The van der Waals surface area contributed by atoms with Crippen molar-refractivity contribution in [1.29, 1.82) is 0 Å². The van der Waals surface area contributed by atoms with E-state index in [9.17, 15) is 0 Å². The topological polar surface area (TPSA) is 54.2 Å². The van der Waals surface area contributed by atoms with Gasteiger partial charge in [0.05, 0.1) is 11.4 Å². The van der Waals surface area contributed by atoms with Crippen LogP contribution in [0.2, 0.25) is 0 Å². The quantitative estimate of drug-likeness (QED) is 0.315. The molecule has 3 aromatic rings. The standard InChI is InChI=1S/C23H27N5.HI/c1-16-12-17(2)28(27-16)22-11-7-5-9-19(22)14-25-23(24-3)26-15-20-13-18-8-4-6-10-21(18)20;/h4-12,20H,13-15H2,1-3H3,(H2,24,25,26);1H. The van der Waals surface area contributed by atoms with E-state index in [1.165, 1.54) is 16.7 Å². The Morgan fingerprint density at radius 1 is 1.10 bits per heavy atom. The summed E-state index contributed by atoms with van der Waals surface area (Å²) in [4.78, 5) is 4.39. The molecule has 2 aromatic carbocycles. The number of nitrogens with zero attached hydrogens (tertiary/aromatic N) is 3. The van der Waals surface area contributed by atoms with Gasteiger partial charge in [0.25, 0.3) is 0 Å². The maximum atomic E-state index is 4.63. The summed E-state index contributed by atoms with van der Waals surface area (Å²) in [6.07, 6.45) is 1.14. The van der Waals surface area contributed by atoms with Crippen LogP contribution in [-0.4, -0.2) is 29.3 Å². The summed E-state index contributed by atoms with van der Waals surface area (Å²) >= 11 is 0. The zero-order chi connectivity index (χ0) is 19.5. The van der Waals surface area contributed by atoms with Crippen LogP contribution in [0.25, 0.3) is 5.69 Å². The molecule has 4 rings (SSSR count). The summed E-state index contributed by atoms with van der Waals surface area (Å²) < 4.78 is 2.01. The van der Waals surface area contributed by atoms with Gasteiger partial charge in [0.2, 0.25) is 0 Å². The first-order valence-electron chi connectivity index (χ1n) is 9.79. The molecule has 152 valence electrons. The zero-order valence-electron chi connectivity index (χ0n) is 17.1. The van der Waals surface area contributed by atoms with Crippen LogP contribution in [0, 0.1) is 13.8 Å². The lowest BCUT2D eigenvalue weighted by molar-refractivity contribution is 0.583. The minimum absolute atomic E-state index is 0. The number of benzene rings is 2. The van der Waals surface area contributed by atoms with Gasteiger partial charge in [-0.3, -0.25) is 4.99 Å². The van der Waals surface area contributed by atoms with Crippen LogP contribution < -0.4 is 10.6 Å². The van der Waals surface area contributed by atoms with E-state index in [2.05, 4.69) is 82.2 Å². The van der Waals surface area contributed by atoms with E-state index in [1.807, 2.05) is 18.7 Å². The molecular formula is C23H28IN5. The van der Waals surface area contributed by atoms with Gasteiger partial charge in [-0.05, 0) is 49.1 Å². The molecule has 5 nitrogen and oxygen atoms in total. The number of aliphatic imine (C=N–C) groups is 1. The number of hydrogen-bond donors (Lipinski definition) is 2. The molecule has 29 heavy (non-hydrogen) atoms. The van der Waals surface area contributed by atoms with Gasteiger partial charge in [-0.15, -0.1) is 24.0 Å². The predicted molar refractivity (Wildman–Crippen MR) is 130 cm³/mol. The van der Waals surface area contributed by atoms with Gasteiger partial charge >= 0.3 is 0 Å². The van der Waals surface area contributed by atoms with Crippen molar-refractivity contribution in [2.45, 2.75) is 32.7 Å². The Morgan fingerprint density at radius 2 is 1.86 bits per heavy atom. The van der Waals surface area contributed by atoms with Crippen molar-refractivity contribution in [2.24, 2.45) is 4.99 Å². The van der Waals surface area contributed by atoms with Crippen LogP contribution in [0.3, 0.4) is 0 Å². The number of nitrogens with one attached hydrogen (secondary N) is 2. The van der Waals surface area contributed by atoms with Crippen LogP contribution in [0.15, 0.2) is 59.6 Å². The largest absolute Gasteiger partial charge is 0.356 e. The van der Waals surface area contributed by atoms with Crippen LogP contribution in [0.1, 0.15) is 34.0 Å². The molecule has 0 radical (unpaired) electrons. The number of guanidine groups is 1. The maximum absolute atomic E-state index is 4.63. The molecule has 0 saturated carbocycles. The first-order valence-corrected chi connectivity index (χ1v) is 9.79. The van der Waals surface area contributed by atoms with Crippen LogP contribution in [0.4, 0.5) is 0 Å². The molecule has 6 heteroatoms. The van der Waals surface area contributed by atoms with Gasteiger partial charge in [-0.25, -0.2) is 4.68 Å². The SMILES string of the molecule is CN=C(NCc1ccccc1-n1nc(C)cc1C)NCC1Cc2ccccc21.I. The number of aromatic nitrogens is 2. The summed E-state index contributed by atoms with van der Waals surface area (Å²) in [6, 6.07) is 19.1. The molecule has 0 amide bonds. The lowest BCUT2D eigenvalue weighted by Gasteiger charge is -2.30. The molecule has 2 N–H and O–H groups in total. The fourth-order valence-corrected chi connectivity index (χ4v) is 3.90. The maximum Gasteiger partial charge on any atom is 0.191 e. The number of halogens is 1. The molecule has 1 aromatic heterocycles. The highest BCUT2D eigenvalue weighted by Gasteiger charge is 2.25. The first kappa shape index (κ1) is 21.4. The van der Waals surface area contributed by atoms with Crippen molar-refractivity contribution in [2.75, 3.05) is 13.6 Å². The molecule has 1 aliphatic carbocycles.